The molecule has 2 amide bonds. The number of nitrogens with zero attached hydrogens (tertiary/aromatic N) is 2. The van der Waals surface area contributed by atoms with Crippen molar-refractivity contribution in [3.63, 3.8) is 0 Å². The number of carbonyl (C=O) groups excluding carboxylic acids is 3. The number of ketones is 1. The summed E-state index contributed by atoms with van der Waals surface area (Å²) in [6.45, 7) is 3.19. The van der Waals surface area contributed by atoms with Gasteiger partial charge >= 0.3 is 0 Å². The largest absolute Gasteiger partial charge is 0.485 e. The van der Waals surface area contributed by atoms with Crippen molar-refractivity contribution in [3.8, 4) is 11.5 Å². The van der Waals surface area contributed by atoms with Crippen molar-refractivity contribution >= 4 is 23.3 Å². The van der Waals surface area contributed by atoms with E-state index in [2.05, 4.69) is 10.3 Å². The molecule has 0 fully saturated rings. The smallest absolute Gasteiger partial charge is 0.265 e. The first kappa shape index (κ1) is 24.8. The number of pyridine rings is 1. The highest BCUT2D eigenvalue weighted by Gasteiger charge is 2.33. The molecule has 4 rings (SSSR count). The number of Topliss-reactive ketones (excluding diaryl/α,β-unsaturated/α-hetero) is 1. The first-order valence-corrected chi connectivity index (χ1v) is 11.5. The van der Waals surface area contributed by atoms with Gasteiger partial charge in [0.25, 0.3) is 5.91 Å². The third-order valence-electron chi connectivity index (χ3n) is 5.83. The van der Waals surface area contributed by atoms with E-state index in [4.69, 9.17) is 9.47 Å². The minimum atomic E-state index is -0.827. The van der Waals surface area contributed by atoms with Gasteiger partial charge in [-0.15, -0.1) is 0 Å². The molecule has 1 N–H and O–H groups in total. The first-order valence-electron chi connectivity index (χ1n) is 11.5. The Morgan fingerprint density at radius 2 is 2.03 bits per heavy atom. The van der Waals surface area contributed by atoms with Crippen LogP contribution in [0.2, 0.25) is 0 Å². The molecule has 3 aromatic rings. The minimum Gasteiger partial charge on any atom is -0.485 e. The van der Waals surface area contributed by atoms with Crippen LogP contribution in [0.1, 0.15) is 28.5 Å². The summed E-state index contributed by atoms with van der Waals surface area (Å²) >= 11 is 0. The van der Waals surface area contributed by atoms with Crippen LogP contribution in [-0.2, 0) is 16.0 Å². The number of hydrogen-bond acceptors (Lipinski definition) is 6. The van der Waals surface area contributed by atoms with Crippen molar-refractivity contribution in [1.82, 2.24) is 10.3 Å². The maximum Gasteiger partial charge on any atom is 0.265 e. The van der Waals surface area contributed by atoms with E-state index in [1.165, 1.54) is 29.2 Å². The number of rotatable bonds is 9. The molecule has 2 aromatic carbocycles. The summed E-state index contributed by atoms with van der Waals surface area (Å²) in [6.07, 6.45) is 2.24. The van der Waals surface area contributed by atoms with Gasteiger partial charge in [0, 0.05) is 30.4 Å². The van der Waals surface area contributed by atoms with Gasteiger partial charge in [0.05, 0.1) is 5.69 Å². The molecule has 36 heavy (non-hydrogen) atoms. The standard InChI is InChI=1S/C27H26FN3O5/c1-17-13-20(28)7-9-24(17)35-15-23(32)19-6-8-25-22(14-19)31(26(33)16-36-25)18(2)27(34)30-12-10-21-5-3-4-11-29-21/h3-9,11,13-14,18H,10,12,15-16H2,1-2H3,(H,30,34). The maximum absolute atomic E-state index is 13.3. The molecule has 1 aliphatic heterocycles. The Hall–Kier alpha value is -4.27. The predicted molar refractivity (Wildman–Crippen MR) is 131 cm³/mol. The number of fused-ring (bicyclic) bond motifs is 1. The summed E-state index contributed by atoms with van der Waals surface area (Å²) in [5.74, 6) is -0.655. The van der Waals surface area contributed by atoms with Gasteiger partial charge in [-0.25, -0.2) is 4.39 Å². The SMILES string of the molecule is Cc1cc(F)ccc1OCC(=O)c1ccc2c(c1)N(C(C)C(=O)NCCc1ccccn1)C(=O)CO2. The third kappa shape index (κ3) is 5.68. The van der Waals surface area contributed by atoms with Gasteiger partial charge in [0.2, 0.25) is 5.91 Å². The highest BCUT2D eigenvalue weighted by molar-refractivity contribution is 6.05. The van der Waals surface area contributed by atoms with Gasteiger partial charge in [-0.3, -0.25) is 24.3 Å². The number of amides is 2. The summed E-state index contributed by atoms with van der Waals surface area (Å²) in [4.78, 5) is 44.0. The van der Waals surface area contributed by atoms with Gasteiger partial charge < -0.3 is 14.8 Å². The average molecular weight is 492 g/mol. The number of anilines is 1. The van der Waals surface area contributed by atoms with Gasteiger partial charge in [0.1, 0.15) is 23.4 Å². The third-order valence-corrected chi connectivity index (χ3v) is 5.83. The molecule has 1 aromatic heterocycles. The quantitative estimate of drug-likeness (QED) is 0.462. The van der Waals surface area contributed by atoms with E-state index in [1.54, 1.807) is 32.2 Å². The monoisotopic (exact) mass is 491 g/mol. The lowest BCUT2D eigenvalue weighted by molar-refractivity contribution is -0.127. The molecule has 0 bridgehead atoms. The second-order valence-electron chi connectivity index (χ2n) is 8.39. The molecule has 8 nitrogen and oxygen atoms in total. The zero-order valence-corrected chi connectivity index (χ0v) is 20.0. The highest BCUT2D eigenvalue weighted by Crippen LogP contribution is 2.34. The fraction of sp³-hybridized carbons (Fsp3) is 0.259. The van der Waals surface area contributed by atoms with E-state index < -0.39 is 11.9 Å². The molecular weight excluding hydrogens is 465 g/mol. The van der Waals surface area contributed by atoms with Crippen molar-refractivity contribution in [2.75, 3.05) is 24.7 Å². The number of halogens is 1. The number of aromatic nitrogens is 1. The van der Waals surface area contributed by atoms with Crippen LogP contribution in [0.3, 0.4) is 0 Å². The van der Waals surface area contributed by atoms with E-state index in [0.29, 0.717) is 41.3 Å². The Kier molecular flexibility index (Phi) is 7.58. The summed E-state index contributed by atoms with van der Waals surface area (Å²) in [6, 6.07) is 13.5. The van der Waals surface area contributed by atoms with E-state index in [-0.39, 0.29) is 30.7 Å². The molecule has 186 valence electrons. The number of aryl methyl sites for hydroxylation is 1. The van der Waals surface area contributed by atoms with Crippen LogP contribution >= 0.6 is 0 Å². The Bertz CT molecular complexity index is 1280. The normalized spacial score (nSPS) is 13.4. The maximum atomic E-state index is 13.3. The Morgan fingerprint density at radius 1 is 1.19 bits per heavy atom. The molecule has 0 saturated carbocycles. The zero-order valence-electron chi connectivity index (χ0n) is 20.0. The highest BCUT2D eigenvalue weighted by atomic mass is 19.1. The molecule has 1 unspecified atom stereocenters. The number of nitrogens with one attached hydrogen (secondary N) is 1. The van der Waals surface area contributed by atoms with Crippen LogP contribution in [0, 0.1) is 12.7 Å². The molecule has 0 saturated heterocycles. The van der Waals surface area contributed by atoms with Gasteiger partial charge in [-0.05, 0) is 67.9 Å². The lowest BCUT2D eigenvalue weighted by Crippen LogP contribution is -2.51. The van der Waals surface area contributed by atoms with E-state index in [0.717, 1.165) is 5.69 Å². The summed E-state index contributed by atoms with van der Waals surface area (Å²) in [5, 5.41) is 2.84. The minimum absolute atomic E-state index is 0.210. The predicted octanol–water partition coefficient (Wildman–Crippen LogP) is 3.26. The van der Waals surface area contributed by atoms with E-state index in [9.17, 15) is 18.8 Å². The lowest BCUT2D eigenvalue weighted by Gasteiger charge is -2.33. The van der Waals surface area contributed by atoms with Crippen molar-refractivity contribution in [2.24, 2.45) is 0 Å². The van der Waals surface area contributed by atoms with Gasteiger partial charge in [-0.2, -0.15) is 0 Å². The fourth-order valence-electron chi connectivity index (χ4n) is 3.90. The number of hydrogen-bond donors (Lipinski definition) is 1. The summed E-state index contributed by atoms with van der Waals surface area (Å²) in [7, 11) is 0. The molecule has 0 aliphatic carbocycles. The Labute approximate surface area is 208 Å². The van der Waals surface area contributed by atoms with Gasteiger partial charge in [-0.1, -0.05) is 6.07 Å². The van der Waals surface area contributed by atoms with Crippen molar-refractivity contribution in [2.45, 2.75) is 26.3 Å². The molecule has 2 heterocycles. The molecule has 0 radical (unpaired) electrons. The molecular formula is C27H26FN3O5. The first-order chi connectivity index (χ1) is 17.3. The topological polar surface area (TPSA) is 97.8 Å². The molecule has 1 atom stereocenters. The molecule has 1 aliphatic rings. The van der Waals surface area contributed by atoms with Crippen molar-refractivity contribution in [1.29, 1.82) is 0 Å². The van der Waals surface area contributed by atoms with Crippen molar-refractivity contribution < 1.29 is 28.2 Å². The lowest BCUT2D eigenvalue weighted by atomic mass is 10.1. The van der Waals surface area contributed by atoms with Crippen molar-refractivity contribution in [3.05, 3.63) is 83.4 Å². The summed E-state index contributed by atoms with van der Waals surface area (Å²) < 4.78 is 24.4. The second kappa shape index (κ2) is 11.0. The van der Waals surface area contributed by atoms with Crippen LogP contribution in [-0.4, -0.2) is 48.4 Å². The zero-order chi connectivity index (χ0) is 25.7. The van der Waals surface area contributed by atoms with E-state index in [1.807, 2.05) is 18.2 Å². The van der Waals surface area contributed by atoms with Crippen LogP contribution in [0.5, 0.6) is 11.5 Å². The fourth-order valence-corrected chi connectivity index (χ4v) is 3.90. The average Bonchev–Trinajstić information content (AvgIpc) is 2.87. The Balaban J connectivity index is 1.45. The van der Waals surface area contributed by atoms with Gasteiger partial charge in [0.15, 0.2) is 19.0 Å². The second-order valence-corrected chi connectivity index (χ2v) is 8.39. The molecule has 0 spiro atoms. The van der Waals surface area contributed by atoms with Crippen LogP contribution in [0.15, 0.2) is 60.8 Å². The number of carbonyl (C=O) groups is 3. The van der Waals surface area contributed by atoms with Crippen LogP contribution < -0.4 is 19.7 Å². The number of ether oxygens (including phenoxy) is 2. The molecule has 9 heteroatoms. The summed E-state index contributed by atoms with van der Waals surface area (Å²) in [5.41, 5.74) is 2.04. The van der Waals surface area contributed by atoms with Crippen LogP contribution in [0.25, 0.3) is 0 Å². The Morgan fingerprint density at radius 3 is 2.78 bits per heavy atom. The number of benzene rings is 2. The van der Waals surface area contributed by atoms with Crippen LogP contribution in [0.4, 0.5) is 10.1 Å². The van der Waals surface area contributed by atoms with E-state index >= 15 is 0 Å².